The van der Waals surface area contributed by atoms with Crippen LogP contribution in [0.1, 0.15) is 29.8 Å². The maximum atomic E-state index is 12.2. The molecule has 0 spiro atoms. The number of carbonyl (C=O) groups is 2. The van der Waals surface area contributed by atoms with Crippen LogP contribution in [-0.2, 0) is 16.1 Å². The van der Waals surface area contributed by atoms with Gasteiger partial charge in [-0.15, -0.1) is 0 Å². The zero-order chi connectivity index (χ0) is 23.0. The molecule has 0 aliphatic heterocycles. The Morgan fingerprint density at radius 2 is 1.77 bits per heavy atom. The van der Waals surface area contributed by atoms with Crippen LogP contribution < -0.4 is 14.8 Å². The summed E-state index contributed by atoms with van der Waals surface area (Å²) < 4.78 is 17.0. The molecule has 2 aromatic carbocycles. The molecule has 1 amide bonds. The van der Waals surface area contributed by atoms with E-state index in [1.807, 2.05) is 13.8 Å². The topological polar surface area (TPSA) is 117 Å². The van der Waals surface area contributed by atoms with E-state index in [4.69, 9.17) is 25.8 Å². The second-order valence-corrected chi connectivity index (χ2v) is 7.28. The van der Waals surface area contributed by atoms with Gasteiger partial charge in [0.25, 0.3) is 11.6 Å². The molecule has 31 heavy (non-hydrogen) atoms. The van der Waals surface area contributed by atoms with Crippen LogP contribution >= 0.6 is 27.5 Å². The van der Waals surface area contributed by atoms with Crippen molar-refractivity contribution in [3.63, 3.8) is 0 Å². The Labute approximate surface area is 191 Å². The SMILES string of the molecule is CCOc1cc(Br)c(COC(=O)CNC(=O)c2ccc(Cl)c([N+](=O)[O-])c2)cc1OCC. The van der Waals surface area contributed by atoms with Crippen molar-refractivity contribution in [2.45, 2.75) is 20.5 Å². The van der Waals surface area contributed by atoms with Crippen molar-refractivity contribution in [3.05, 3.63) is 61.1 Å². The number of nitro benzene ring substituents is 1. The van der Waals surface area contributed by atoms with Gasteiger partial charge in [-0.05, 0) is 38.1 Å². The maximum absolute atomic E-state index is 12.2. The van der Waals surface area contributed by atoms with Crippen LogP contribution in [0.4, 0.5) is 5.69 Å². The fourth-order valence-corrected chi connectivity index (χ4v) is 3.11. The van der Waals surface area contributed by atoms with Crippen LogP contribution in [0, 0.1) is 10.1 Å². The molecule has 1 N–H and O–H groups in total. The van der Waals surface area contributed by atoms with Crippen molar-refractivity contribution in [1.82, 2.24) is 5.32 Å². The number of ether oxygens (including phenoxy) is 3. The number of amides is 1. The van der Waals surface area contributed by atoms with Crippen LogP contribution in [0.3, 0.4) is 0 Å². The van der Waals surface area contributed by atoms with Crippen LogP contribution in [-0.4, -0.2) is 36.6 Å². The molecule has 9 nitrogen and oxygen atoms in total. The van der Waals surface area contributed by atoms with E-state index in [9.17, 15) is 19.7 Å². The molecule has 0 unspecified atom stereocenters. The first kappa shape index (κ1) is 24.4. The molecular weight excluding hydrogens is 496 g/mol. The number of nitro groups is 1. The van der Waals surface area contributed by atoms with Gasteiger partial charge in [-0.2, -0.15) is 0 Å². The van der Waals surface area contributed by atoms with Gasteiger partial charge in [0.15, 0.2) is 11.5 Å². The molecule has 0 aromatic heterocycles. The molecule has 0 radical (unpaired) electrons. The lowest BCUT2D eigenvalue weighted by atomic mass is 10.2. The van der Waals surface area contributed by atoms with Crippen molar-refractivity contribution >= 4 is 45.1 Å². The minimum absolute atomic E-state index is 0.000450. The summed E-state index contributed by atoms with van der Waals surface area (Å²) in [5, 5.41) is 13.2. The maximum Gasteiger partial charge on any atom is 0.325 e. The highest BCUT2D eigenvalue weighted by Gasteiger charge is 2.17. The predicted molar refractivity (Wildman–Crippen MR) is 117 cm³/mol. The number of carbonyl (C=O) groups excluding carboxylic acids is 2. The lowest BCUT2D eigenvalue weighted by Crippen LogP contribution is -2.30. The lowest BCUT2D eigenvalue weighted by molar-refractivity contribution is -0.384. The zero-order valence-corrected chi connectivity index (χ0v) is 19.1. The van der Waals surface area contributed by atoms with Crippen molar-refractivity contribution in [3.8, 4) is 11.5 Å². The van der Waals surface area contributed by atoms with E-state index in [-0.39, 0.29) is 17.2 Å². The number of hydrogen-bond acceptors (Lipinski definition) is 7. The number of halogens is 2. The molecular formula is C20H20BrClN2O7. The van der Waals surface area contributed by atoms with E-state index in [1.165, 1.54) is 12.1 Å². The summed E-state index contributed by atoms with van der Waals surface area (Å²) >= 11 is 9.13. The van der Waals surface area contributed by atoms with Crippen LogP contribution in [0.15, 0.2) is 34.8 Å². The molecule has 0 atom stereocenters. The molecule has 2 rings (SSSR count). The van der Waals surface area contributed by atoms with Gasteiger partial charge in [0.05, 0.1) is 18.1 Å². The van der Waals surface area contributed by atoms with Crippen molar-refractivity contribution in [2.24, 2.45) is 0 Å². The summed E-state index contributed by atoms with van der Waals surface area (Å²) in [5.41, 5.74) is 0.252. The van der Waals surface area contributed by atoms with E-state index in [0.29, 0.717) is 34.7 Å². The van der Waals surface area contributed by atoms with E-state index < -0.39 is 29.0 Å². The molecule has 0 saturated carbocycles. The number of nitrogens with zero attached hydrogens (tertiary/aromatic N) is 1. The number of nitrogens with one attached hydrogen (secondary N) is 1. The molecule has 11 heteroatoms. The molecule has 0 aliphatic rings. The highest BCUT2D eigenvalue weighted by atomic mass is 79.9. The molecule has 0 fully saturated rings. The predicted octanol–water partition coefficient (Wildman–Crippen LogP) is 4.28. The third-order valence-corrected chi connectivity index (χ3v) is 4.96. The van der Waals surface area contributed by atoms with E-state index in [2.05, 4.69) is 21.2 Å². The average Bonchev–Trinajstić information content (AvgIpc) is 2.73. The fraction of sp³-hybridized carbons (Fsp3) is 0.300. The lowest BCUT2D eigenvalue weighted by Gasteiger charge is -2.14. The van der Waals surface area contributed by atoms with E-state index >= 15 is 0 Å². The Bertz CT molecular complexity index is 984. The highest BCUT2D eigenvalue weighted by Crippen LogP contribution is 2.34. The monoisotopic (exact) mass is 514 g/mol. The van der Waals surface area contributed by atoms with Gasteiger partial charge in [-0.1, -0.05) is 27.5 Å². The second-order valence-electron chi connectivity index (χ2n) is 6.02. The highest BCUT2D eigenvalue weighted by molar-refractivity contribution is 9.10. The summed E-state index contributed by atoms with van der Waals surface area (Å²) in [4.78, 5) is 34.4. The summed E-state index contributed by atoms with van der Waals surface area (Å²) in [6.45, 7) is 4.13. The minimum atomic E-state index is -0.696. The number of rotatable bonds is 10. The van der Waals surface area contributed by atoms with Crippen LogP contribution in [0.5, 0.6) is 11.5 Å². The minimum Gasteiger partial charge on any atom is -0.490 e. The third kappa shape index (κ3) is 6.83. The average molecular weight is 516 g/mol. The fourth-order valence-electron chi connectivity index (χ4n) is 2.48. The van der Waals surface area contributed by atoms with Crippen molar-refractivity contribution in [2.75, 3.05) is 19.8 Å². The number of hydrogen-bond donors (Lipinski definition) is 1. The molecule has 0 aliphatic carbocycles. The van der Waals surface area contributed by atoms with Gasteiger partial charge in [0.1, 0.15) is 18.2 Å². The molecule has 0 saturated heterocycles. The Kier molecular flexibility index (Phi) is 9.07. The summed E-state index contributed by atoms with van der Waals surface area (Å²) in [6, 6.07) is 7.04. The smallest absolute Gasteiger partial charge is 0.325 e. The molecule has 0 heterocycles. The molecule has 0 bridgehead atoms. The first-order valence-corrected chi connectivity index (χ1v) is 10.4. The molecule has 166 valence electrons. The van der Waals surface area contributed by atoms with E-state index in [0.717, 1.165) is 6.07 Å². The zero-order valence-electron chi connectivity index (χ0n) is 16.8. The second kappa shape index (κ2) is 11.5. The Balaban J connectivity index is 1.96. The normalized spacial score (nSPS) is 10.3. The van der Waals surface area contributed by atoms with Crippen LogP contribution in [0.2, 0.25) is 5.02 Å². The van der Waals surface area contributed by atoms with Gasteiger partial charge >= 0.3 is 5.97 Å². The number of benzene rings is 2. The Hall–Kier alpha value is -2.85. The largest absolute Gasteiger partial charge is 0.490 e. The third-order valence-electron chi connectivity index (χ3n) is 3.90. The standard InChI is InChI=1S/C20H20BrClN2O7/c1-3-29-17-8-13(14(21)9-18(17)30-4-2)11-31-19(25)10-23-20(26)12-5-6-15(22)16(7-12)24(27)28/h5-9H,3-4,10-11H2,1-2H3,(H,23,26). The first-order valence-electron chi connectivity index (χ1n) is 9.22. The Morgan fingerprint density at radius 1 is 1.13 bits per heavy atom. The molecule has 2 aromatic rings. The van der Waals surface area contributed by atoms with Crippen molar-refractivity contribution in [1.29, 1.82) is 0 Å². The number of esters is 1. The van der Waals surface area contributed by atoms with Gasteiger partial charge in [-0.3, -0.25) is 19.7 Å². The summed E-state index contributed by atoms with van der Waals surface area (Å²) in [5.74, 6) is -0.264. The van der Waals surface area contributed by atoms with Gasteiger partial charge in [0.2, 0.25) is 0 Å². The van der Waals surface area contributed by atoms with Gasteiger partial charge in [0, 0.05) is 21.7 Å². The van der Waals surface area contributed by atoms with Gasteiger partial charge < -0.3 is 19.5 Å². The quantitative estimate of drug-likeness (QED) is 0.285. The van der Waals surface area contributed by atoms with Gasteiger partial charge in [-0.25, -0.2) is 0 Å². The summed E-state index contributed by atoms with van der Waals surface area (Å²) in [7, 11) is 0. The Morgan fingerprint density at radius 3 is 2.39 bits per heavy atom. The van der Waals surface area contributed by atoms with Crippen LogP contribution in [0.25, 0.3) is 0 Å². The van der Waals surface area contributed by atoms with Crippen molar-refractivity contribution < 1.29 is 28.7 Å². The summed E-state index contributed by atoms with van der Waals surface area (Å²) in [6.07, 6.45) is 0. The first-order chi connectivity index (χ1) is 14.8. The van der Waals surface area contributed by atoms with E-state index in [1.54, 1.807) is 12.1 Å².